The minimum Gasteiger partial charge on any atom is -0.317 e. The van der Waals surface area contributed by atoms with Crippen molar-refractivity contribution in [2.75, 3.05) is 38.5 Å². The van der Waals surface area contributed by atoms with E-state index < -0.39 is 0 Å². The molecular formula is C6H15N2OP. The zero-order valence-electron chi connectivity index (χ0n) is 6.14. The molecule has 0 amide bonds. The number of nitrogens with one attached hydrogen (secondary N) is 1. The predicted molar refractivity (Wildman–Crippen MR) is 44.3 cm³/mol. The zero-order valence-corrected chi connectivity index (χ0v) is 7.14. The predicted octanol–water partition coefficient (Wildman–Crippen LogP) is -0.0407. The van der Waals surface area contributed by atoms with Crippen LogP contribution in [0.3, 0.4) is 0 Å². The molecule has 4 heteroatoms. The van der Waals surface area contributed by atoms with Gasteiger partial charge in [0.05, 0.1) is 0 Å². The highest BCUT2D eigenvalue weighted by Gasteiger charge is 2.07. The average molecular weight is 162 g/mol. The van der Waals surface area contributed by atoms with Crippen molar-refractivity contribution in [1.82, 2.24) is 10.4 Å². The van der Waals surface area contributed by atoms with Gasteiger partial charge in [-0.1, -0.05) is 0 Å². The Morgan fingerprint density at radius 1 is 1.40 bits per heavy atom. The van der Waals surface area contributed by atoms with Crippen LogP contribution in [-0.2, 0) is 0 Å². The molecule has 1 saturated heterocycles. The largest absolute Gasteiger partial charge is 0.317 e. The number of nitrogens with zero attached hydrogens (tertiary/aromatic N) is 1. The Balaban J connectivity index is 2.02. The lowest BCUT2D eigenvalue weighted by atomic mass is 10.4. The number of rotatable bonds is 3. The van der Waals surface area contributed by atoms with Crippen LogP contribution in [0.4, 0.5) is 0 Å². The molecule has 0 aromatic carbocycles. The Hall–Kier alpha value is 0.310. The quantitative estimate of drug-likeness (QED) is 0.451. The fourth-order valence-corrected chi connectivity index (χ4v) is 2.34. The SMILES string of the molecule is ONCCN1CCPCC1. The number of hydrogen-bond donors (Lipinski definition) is 2. The molecule has 0 unspecified atom stereocenters. The van der Waals surface area contributed by atoms with Gasteiger partial charge in [0.15, 0.2) is 0 Å². The van der Waals surface area contributed by atoms with Gasteiger partial charge in [-0.2, -0.15) is 0 Å². The van der Waals surface area contributed by atoms with E-state index >= 15 is 0 Å². The maximum Gasteiger partial charge on any atom is 0.0335 e. The van der Waals surface area contributed by atoms with Gasteiger partial charge in [-0.15, -0.1) is 8.58 Å². The van der Waals surface area contributed by atoms with Gasteiger partial charge in [0.2, 0.25) is 0 Å². The van der Waals surface area contributed by atoms with Gasteiger partial charge in [-0.05, 0) is 12.3 Å². The van der Waals surface area contributed by atoms with Crippen LogP contribution in [0.2, 0.25) is 0 Å². The maximum atomic E-state index is 8.32. The van der Waals surface area contributed by atoms with Crippen molar-refractivity contribution in [3.63, 3.8) is 0 Å². The molecule has 60 valence electrons. The van der Waals surface area contributed by atoms with Crippen molar-refractivity contribution >= 4 is 8.58 Å². The van der Waals surface area contributed by atoms with Gasteiger partial charge in [0, 0.05) is 26.2 Å². The topological polar surface area (TPSA) is 35.5 Å². The van der Waals surface area contributed by atoms with Crippen molar-refractivity contribution in [2.45, 2.75) is 0 Å². The Bertz CT molecular complexity index is 85.8. The average Bonchev–Trinajstić information content (AvgIpc) is 2.03. The van der Waals surface area contributed by atoms with E-state index in [0.717, 1.165) is 6.54 Å². The van der Waals surface area contributed by atoms with Crippen molar-refractivity contribution < 1.29 is 5.21 Å². The highest BCUT2D eigenvalue weighted by Crippen LogP contribution is 2.14. The van der Waals surface area contributed by atoms with Gasteiger partial charge >= 0.3 is 0 Å². The molecule has 0 saturated carbocycles. The summed E-state index contributed by atoms with van der Waals surface area (Å²) in [5.41, 5.74) is 2.18. The molecular weight excluding hydrogens is 147 g/mol. The first kappa shape index (κ1) is 8.41. The van der Waals surface area contributed by atoms with Gasteiger partial charge in [0.25, 0.3) is 0 Å². The van der Waals surface area contributed by atoms with E-state index in [1.807, 2.05) is 0 Å². The summed E-state index contributed by atoms with van der Waals surface area (Å²) in [4.78, 5) is 2.39. The molecule has 1 fully saturated rings. The van der Waals surface area contributed by atoms with Gasteiger partial charge in [-0.3, -0.25) is 0 Å². The molecule has 0 radical (unpaired) electrons. The molecule has 10 heavy (non-hydrogen) atoms. The minimum atomic E-state index is 0.698. The van der Waals surface area contributed by atoms with E-state index in [9.17, 15) is 0 Å². The Kier molecular flexibility index (Phi) is 4.23. The second-order valence-corrected chi connectivity index (χ2v) is 4.00. The summed E-state index contributed by atoms with van der Waals surface area (Å²) >= 11 is 0. The summed E-state index contributed by atoms with van der Waals surface area (Å²) in [6.45, 7) is 4.13. The summed E-state index contributed by atoms with van der Waals surface area (Å²) in [6.07, 6.45) is 2.71. The van der Waals surface area contributed by atoms with Gasteiger partial charge < -0.3 is 10.1 Å². The Morgan fingerprint density at radius 3 is 2.70 bits per heavy atom. The molecule has 2 N–H and O–H groups in total. The van der Waals surface area contributed by atoms with E-state index in [2.05, 4.69) is 10.4 Å². The lowest BCUT2D eigenvalue weighted by Crippen LogP contribution is -2.36. The fraction of sp³-hybridized carbons (Fsp3) is 1.00. The van der Waals surface area contributed by atoms with Crippen LogP contribution in [0.15, 0.2) is 0 Å². The zero-order chi connectivity index (χ0) is 7.23. The first-order valence-electron chi connectivity index (χ1n) is 3.73. The third-order valence-corrected chi connectivity index (χ3v) is 2.90. The van der Waals surface area contributed by atoms with E-state index in [-0.39, 0.29) is 0 Å². The summed E-state index contributed by atoms with van der Waals surface area (Å²) in [5.74, 6) is 0. The molecule has 0 aliphatic carbocycles. The normalized spacial score (nSPS) is 21.3. The molecule has 0 atom stereocenters. The molecule has 1 heterocycles. The Labute approximate surface area is 63.5 Å². The summed E-state index contributed by atoms with van der Waals surface area (Å²) < 4.78 is 0. The van der Waals surface area contributed by atoms with Gasteiger partial charge in [0.1, 0.15) is 0 Å². The van der Waals surface area contributed by atoms with Crippen LogP contribution in [0.5, 0.6) is 0 Å². The van der Waals surface area contributed by atoms with Crippen LogP contribution in [0.25, 0.3) is 0 Å². The van der Waals surface area contributed by atoms with Crippen molar-refractivity contribution in [1.29, 1.82) is 0 Å². The second-order valence-electron chi connectivity index (χ2n) is 2.50. The molecule has 1 rings (SSSR count). The third-order valence-electron chi connectivity index (χ3n) is 1.75. The van der Waals surface area contributed by atoms with E-state index in [4.69, 9.17) is 5.21 Å². The molecule has 1 aliphatic rings. The van der Waals surface area contributed by atoms with Crippen LogP contribution in [-0.4, -0.2) is 48.6 Å². The van der Waals surface area contributed by atoms with Crippen LogP contribution in [0, 0.1) is 0 Å². The maximum absolute atomic E-state index is 8.32. The van der Waals surface area contributed by atoms with Crippen LogP contribution >= 0.6 is 8.58 Å². The van der Waals surface area contributed by atoms with Crippen LogP contribution in [0.1, 0.15) is 0 Å². The molecule has 3 nitrogen and oxygen atoms in total. The molecule has 0 aromatic heterocycles. The monoisotopic (exact) mass is 162 g/mol. The fourth-order valence-electron chi connectivity index (χ4n) is 1.14. The van der Waals surface area contributed by atoms with E-state index in [1.165, 1.54) is 34.0 Å². The van der Waals surface area contributed by atoms with Crippen molar-refractivity contribution in [2.24, 2.45) is 0 Å². The Morgan fingerprint density at radius 2 is 2.10 bits per heavy atom. The number of hydroxylamine groups is 1. The van der Waals surface area contributed by atoms with E-state index in [0.29, 0.717) is 6.54 Å². The van der Waals surface area contributed by atoms with Gasteiger partial charge in [-0.25, -0.2) is 5.48 Å². The lowest BCUT2D eigenvalue weighted by molar-refractivity contribution is 0.149. The third kappa shape index (κ3) is 2.93. The summed E-state index contributed by atoms with van der Waals surface area (Å²) in [5, 5.41) is 8.32. The molecule has 1 aliphatic heterocycles. The summed E-state index contributed by atoms with van der Waals surface area (Å²) in [6, 6.07) is 0. The van der Waals surface area contributed by atoms with Crippen molar-refractivity contribution in [3.8, 4) is 0 Å². The second kappa shape index (κ2) is 5.03. The first-order valence-corrected chi connectivity index (χ1v) is 5.15. The van der Waals surface area contributed by atoms with E-state index in [1.54, 1.807) is 0 Å². The first-order chi connectivity index (χ1) is 4.93. The molecule has 0 bridgehead atoms. The van der Waals surface area contributed by atoms with Crippen LogP contribution < -0.4 is 5.48 Å². The molecule has 0 spiro atoms. The molecule has 0 aromatic rings. The highest BCUT2D eigenvalue weighted by molar-refractivity contribution is 7.38. The summed E-state index contributed by atoms with van der Waals surface area (Å²) in [7, 11) is 1.17. The number of hydrogen-bond acceptors (Lipinski definition) is 3. The minimum absolute atomic E-state index is 0.698. The highest BCUT2D eigenvalue weighted by atomic mass is 31.1. The van der Waals surface area contributed by atoms with Crippen molar-refractivity contribution in [3.05, 3.63) is 0 Å². The lowest BCUT2D eigenvalue weighted by Gasteiger charge is -2.25. The smallest absolute Gasteiger partial charge is 0.0335 e. The standard InChI is InChI=1S/C6H15N2OP/c9-7-1-2-8-3-5-10-6-4-8/h7,9-10H,1-6H2.